The lowest BCUT2D eigenvalue weighted by Crippen LogP contribution is -2.51. The number of hydrogen-bond donors (Lipinski definition) is 9. The molecule has 3 aliphatic carbocycles. The highest BCUT2D eigenvalue weighted by Gasteiger charge is 2.48. The van der Waals surface area contributed by atoms with Crippen molar-refractivity contribution < 1.29 is 23.6 Å². The monoisotopic (exact) mass is 2180 g/mol. The summed E-state index contributed by atoms with van der Waals surface area (Å²) < 4.78 is 40.3. The number of aryl methyl sites for hydroxylation is 5. The predicted molar refractivity (Wildman–Crippen MR) is 538 cm³/mol. The molecule has 11 N–H and O–H groups in total. The summed E-state index contributed by atoms with van der Waals surface area (Å²) in [7, 11) is -3.52. The number of aromatic nitrogens is 16. The van der Waals surface area contributed by atoms with Crippen LogP contribution in [0.5, 0.6) is 0 Å². The van der Waals surface area contributed by atoms with Crippen LogP contribution in [-0.4, -0.2) is 202 Å². The van der Waals surface area contributed by atoms with Crippen LogP contribution in [0.1, 0.15) is 188 Å². The topological polar surface area (TPSA) is 382 Å². The molecular formula is C82H120BBr4Cl5N24O5S5. The van der Waals surface area contributed by atoms with Crippen LogP contribution in [0, 0.1) is 50.9 Å². The second-order valence-corrected chi connectivity index (χ2v) is 44.2. The van der Waals surface area contributed by atoms with Gasteiger partial charge in [-0.25, -0.2) is 68.6 Å². The van der Waals surface area contributed by atoms with Crippen molar-refractivity contribution in [2.45, 2.75) is 237 Å². The van der Waals surface area contributed by atoms with Gasteiger partial charge in [-0.3, -0.25) is 4.40 Å². The molecule has 6 aliphatic rings. The molecule has 6 fully saturated rings. The number of nitrogens with zero attached hydrogens (tertiary/aromatic N) is 18. The van der Waals surface area contributed by atoms with E-state index in [0.29, 0.717) is 65.3 Å². The van der Waals surface area contributed by atoms with Crippen molar-refractivity contribution in [2.24, 2.45) is 27.8 Å². The van der Waals surface area contributed by atoms with Crippen LogP contribution < -0.4 is 47.0 Å². The first-order valence-corrected chi connectivity index (χ1v) is 51.7. The van der Waals surface area contributed by atoms with Gasteiger partial charge in [0, 0.05) is 67.5 Å². The number of nitrogens with one attached hydrogen (secondary N) is 4. The average Bonchev–Trinajstić information content (AvgIpc) is 1.51. The van der Waals surface area contributed by atoms with Gasteiger partial charge in [-0.1, -0.05) is 152 Å². The Bertz CT molecular complexity index is 5270. The molecule has 11 heterocycles. The summed E-state index contributed by atoms with van der Waals surface area (Å²) in [4.78, 5) is 44.2. The highest BCUT2D eigenvalue weighted by atomic mass is 79.9. The highest BCUT2D eigenvalue weighted by Crippen LogP contribution is 2.50. The molecule has 694 valence electrons. The molecular weight excluding hydrogens is 2070 g/mol. The summed E-state index contributed by atoms with van der Waals surface area (Å²) in [6.45, 7) is 29.9. The van der Waals surface area contributed by atoms with Crippen molar-refractivity contribution in [1.29, 1.82) is 0 Å². The number of nitrogen functional groups attached to an aromatic ring is 1. The summed E-state index contributed by atoms with van der Waals surface area (Å²) in [5.74, 6) is 7.58. The summed E-state index contributed by atoms with van der Waals surface area (Å²) >= 11 is 47.9. The Balaban J connectivity index is 0.000000208. The lowest BCUT2D eigenvalue weighted by atomic mass is 9.74. The third kappa shape index (κ3) is 27.0. The standard InChI is InChI=1S/C21H24Cl2N6.C19H29BrN6OS.C13H26N2OS.C7H7BrN4S.C6H5BCl2O2.C6H6BrClN2S.C6H9BrN4S.C2H6O.2CH4/c1-13-17(14-4-2-5-15(22)18(14)23)19-25-12-26-29(19)20(27-13)28-10-8-21(9-11-28)7-3-6-16(21)24;1-13-15(20)16-21-12-22-26(16)17(23-13)25-10-8-19(9-11-25)7-5-6-14(19)24-28(27)18(2,3)4;1-12(2,3)17(16)15-11-5-4-6-13(11)7-9-14-10-8-13;1-4-5(8)6-11-9-3-12(6)7(10-4)13-2;8-5-3-1-2-4(6(5)9)7(10)11;1-3-4(7)5(8)10-6(9-3)11-2;1-3-4(7)5(11-8)10-6(9-3)12-2;1-2-3;;/h2,4-5,12,16H,3,6-11,24H2,1H3;12,14,24H,5-11H2,1-4H3;11,14-15H,4-10H2,1-3H3;3H,1-2H3;1-3,10-11H;1-2H3;8H2,1-2H3,(H,9,10,11);3H,2H2,1H3;2*1H4/t16-;14-,28-;11-,17-;;;;;;;/m111......./s1. The fraction of sp³-hybridized carbons (Fsp3) is 0.573. The summed E-state index contributed by atoms with van der Waals surface area (Å²) in [6.07, 6.45) is 28.5. The third-order valence-corrected chi connectivity index (χ3v) is 33.7. The molecule has 0 radical (unpaired) electrons. The minimum absolute atomic E-state index is 0. The number of nitrogens with two attached hydrogens (primary N) is 2. The van der Waals surface area contributed by atoms with Crippen molar-refractivity contribution >= 4 is 226 Å². The summed E-state index contributed by atoms with van der Waals surface area (Å²) in [5, 5.41) is 49.5. The van der Waals surface area contributed by atoms with E-state index in [-0.39, 0.29) is 46.9 Å². The Morgan fingerprint density at radius 1 is 0.579 bits per heavy atom. The number of fused-ring (bicyclic) bond motifs is 3. The molecule has 3 saturated carbocycles. The van der Waals surface area contributed by atoms with Crippen molar-refractivity contribution in [3.63, 3.8) is 0 Å². The van der Waals surface area contributed by atoms with Crippen molar-refractivity contribution in [3.8, 4) is 11.1 Å². The molecule has 3 spiro atoms. The Morgan fingerprint density at radius 2 is 1.03 bits per heavy atom. The summed E-state index contributed by atoms with van der Waals surface area (Å²) in [5.41, 5.74) is 18.7. The summed E-state index contributed by atoms with van der Waals surface area (Å²) in [6, 6.07) is 11.4. The van der Waals surface area contributed by atoms with E-state index in [1.165, 1.54) is 87.4 Å². The lowest BCUT2D eigenvalue weighted by Gasteiger charge is -2.44. The maximum Gasteiger partial charge on any atom is 0.490 e. The van der Waals surface area contributed by atoms with Gasteiger partial charge in [-0.15, -0.1) is 10.2 Å². The van der Waals surface area contributed by atoms with E-state index in [9.17, 15) is 8.42 Å². The average molecular weight is 2190 g/mol. The van der Waals surface area contributed by atoms with E-state index in [2.05, 4.69) is 149 Å². The Kier molecular flexibility index (Phi) is 42.8. The first-order chi connectivity index (χ1) is 58.8. The maximum absolute atomic E-state index is 12.7. The van der Waals surface area contributed by atoms with Gasteiger partial charge < -0.3 is 41.4 Å². The predicted octanol–water partition coefficient (Wildman–Crippen LogP) is 18.2. The van der Waals surface area contributed by atoms with Gasteiger partial charge >= 0.3 is 7.12 Å². The maximum atomic E-state index is 12.7. The molecule has 3 saturated heterocycles. The number of hydrazine groups is 1. The smallest absolute Gasteiger partial charge is 0.423 e. The number of hydrogen-bond acceptors (Lipinski definition) is 27. The number of aliphatic hydroxyl groups excluding tert-OH is 1. The molecule has 2 aromatic carbocycles. The van der Waals surface area contributed by atoms with E-state index in [1.807, 2.05) is 120 Å². The second-order valence-electron chi connectivity index (χ2n) is 32.8. The van der Waals surface area contributed by atoms with Gasteiger partial charge in [0.05, 0.1) is 97.9 Å². The Morgan fingerprint density at radius 3 is 1.52 bits per heavy atom. The molecule has 29 nitrogen and oxygen atoms in total. The normalized spacial score (nSPS) is 18.3. The number of benzene rings is 2. The number of rotatable bonds is 12. The molecule has 5 atom stereocenters. The molecule has 126 heavy (non-hydrogen) atoms. The third-order valence-electron chi connectivity index (χ3n) is 22.8. The quantitative estimate of drug-likeness (QED) is 0.0137. The van der Waals surface area contributed by atoms with Crippen LogP contribution in [0.15, 0.2) is 88.7 Å². The lowest BCUT2D eigenvalue weighted by molar-refractivity contribution is 0.175. The fourth-order valence-electron chi connectivity index (χ4n) is 15.9. The number of anilines is 3. The molecule has 0 bridgehead atoms. The van der Waals surface area contributed by atoms with E-state index in [0.717, 1.165) is 169 Å². The van der Waals surface area contributed by atoms with E-state index < -0.39 is 29.1 Å². The molecule has 0 unspecified atom stereocenters. The number of aliphatic hydroxyl groups is 1. The van der Waals surface area contributed by atoms with E-state index in [4.69, 9.17) is 94.7 Å². The zero-order chi connectivity index (χ0) is 90.9. The van der Waals surface area contributed by atoms with Gasteiger partial charge in [-0.05, 0) is 284 Å². The molecule has 3 aliphatic heterocycles. The van der Waals surface area contributed by atoms with Gasteiger partial charge in [0.2, 0.25) is 11.9 Å². The molecule has 44 heteroatoms. The van der Waals surface area contributed by atoms with Crippen LogP contribution in [0.3, 0.4) is 0 Å². The van der Waals surface area contributed by atoms with Crippen LogP contribution >= 0.6 is 157 Å². The minimum atomic E-state index is -1.57. The van der Waals surface area contributed by atoms with Gasteiger partial charge in [0.1, 0.15) is 24.1 Å². The molecule has 10 aromatic rings. The van der Waals surface area contributed by atoms with Gasteiger partial charge in [0.15, 0.2) is 38.2 Å². The largest absolute Gasteiger partial charge is 0.490 e. The van der Waals surface area contributed by atoms with Crippen LogP contribution in [0.4, 0.5) is 17.7 Å². The van der Waals surface area contributed by atoms with Crippen molar-refractivity contribution in [2.75, 3.05) is 79.9 Å². The zero-order valence-electron chi connectivity index (χ0n) is 72.4. The molecule has 0 amide bonds. The number of piperidine rings is 3. The van der Waals surface area contributed by atoms with Gasteiger partial charge in [-0.2, -0.15) is 19.2 Å². The zero-order valence-corrected chi connectivity index (χ0v) is 86.6. The Hall–Kier alpha value is -3.89. The van der Waals surface area contributed by atoms with E-state index >= 15 is 0 Å². The van der Waals surface area contributed by atoms with Crippen molar-refractivity contribution in [3.05, 3.63) is 127 Å². The van der Waals surface area contributed by atoms with Crippen LogP contribution in [0.25, 0.3) is 28.1 Å². The number of thioether (sulfide) groups is 3. The first kappa shape index (κ1) is 109. The van der Waals surface area contributed by atoms with Crippen molar-refractivity contribution in [1.82, 2.24) is 93.4 Å². The molecule has 16 rings (SSSR count). The van der Waals surface area contributed by atoms with E-state index in [1.54, 1.807) is 55.9 Å². The minimum Gasteiger partial charge on any atom is -0.423 e. The molecule has 8 aromatic heterocycles. The second kappa shape index (κ2) is 49.4. The Labute approximate surface area is 818 Å². The highest BCUT2D eigenvalue weighted by molar-refractivity contribution is 9.11. The SMILES string of the molecule is C.C.CC(C)(C)[S@@](=O)N[C@@H]1CCCC12CCNCC2.CCO.CSc1nc(C)c(Br)c(Cl)n1.CSc1nc(C)c(Br)c(NN)n1.CSc1nc(C)c(Br)c2nncn12.Cc1nc(N2CCC3(CCC[C@H]3N)CC2)n2ncnc2c1-c1cccc(Cl)c1Cl.Cc1nc(N2CCC3(CCC[C@H]3N[S@](=O)C(C)(C)C)CC2)n2ncnc2c1Br.OB(O)c1cccc(Cl)c1Cl. The van der Waals surface area contributed by atoms with Crippen LogP contribution in [-0.2, 0) is 22.0 Å². The first-order valence-electron chi connectivity index (χ1n) is 40.7. The fourth-order valence-corrected chi connectivity index (χ4v) is 21.5. The van der Waals surface area contributed by atoms with Crippen LogP contribution in [0.2, 0.25) is 25.2 Å². The number of halogens is 9. The van der Waals surface area contributed by atoms with Gasteiger partial charge in [0.25, 0.3) is 0 Å².